The van der Waals surface area contributed by atoms with Crippen molar-refractivity contribution in [3.05, 3.63) is 34.2 Å². The number of hydrogen-bond donors (Lipinski definition) is 0. The highest BCUT2D eigenvalue weighted by atomic mass is 16.5. The summed E-state index contributed by atoms with van der Waals surface area (Å²) in [5, 5.41) is 0. The fourth-order valence-electron chi connectivity index (χ4n) is 3.51. The van der Waals surface area contributed by atoms with E-state index in [1.54, 1.807) is 18.8 Å². The average Bonchev–Trinajstić information content (AvgIpc) is 2.69. The zero-order valence-corrected chi connectivity index (χ0v) is 18.0. The molecule has 2 rings (SSSR count). The second-order valence-electron chi connectivity index (χ2n) is 6.88. The number of hydrogen-bond acceptors (Lipinski definition) is 5. The van der Waals surface area contributed by atoms with Gasteiger partial charge in [-0.15, -0.1) is 0 Å². The van der Waals surface area contributed by atoms with Crippen molar-refractivity contribution < 1.29 is 9.47 Å². The number of ether oxygens (including phenoxy) is 2. The van der Waals surface area contributed by atoms with Gasteiger partial charge in [0, 0.05) is 25.7 Å². The molecule has 154 valence electrons. The van der Waals surface area contributed by atoms with Crippen LogP contribution in [0, 0.1) is 6.92 Å². The molecule has 1 heterocycles. The number of nitrogens with zero attached hydrogens (tertiary/aromatic N) is 3. The van der Waals surface area contributed by atoms with Crippen LogP contribution < -0.4 is 19.9 Å². The number of aryl methyl sites for hydroxylation is 1. The van der Waals surface area contributed by atoms with Crippen LogP contribution in [-0.4, -0.2) is 36.9 Å². The van der Waals surface area contributed by atoms with E-state index < -0.39 is 0 Å². The Kier molecular flexibility index (Phi) is 7.91. The zero-order valence-electron chi connectivity index (χ0n) is 18.0. The van der Waals surface area contributed by atoms with Crippen molar-refractivity contribution >= 4 is 5.69 Å². The molecule has 0 fully saturated rings. The first-order valence-electron chi connectivity index (χ1n) is 10.1. The fourth-order valence-corrected chi connectivity index (χ4v) is 3.51. The van der Waals surface area contributed by atoms with Crippen LogP contribution in [0.3, 0.4) is 0 Å². The monoisotopic (exact) mass is 387 g/mol. The van der Waals surface area contributed by atoms with Gasteiger partial charge in [0.1, 0.15) is 23.0 Å². The Morgan fingerprint density at radius 2 is 1.71 bits per heavy atom. The molecule has 0 radical (unpaired) electrons. The maximum absolute atomic E-state index is 13.5. The number of methoxy groups -OCH3 is 2. The van der Waals surface area contributed by atoms with Crippen molar-refractivity contribution in [2.24, 2.45) is 0 Å². The summed E-state index contributed by atoms with van der Waals surface area (Å²) in [6.07, 6.45) is 2.82. The molecule has 0 aliphatic rings. The second kappa shape index (κ2) is 10.2. The quantitative estimate of drug-likeness (QED) is 0.609. The molecular weight excluding hydrogens is 354 g/mol. The molecule has 0 atom stereocenters. The highest BCUT2D eigenvalue weighted by Gasteiger charge is 2.21. The summed E-state index contributed by atoms with van der Waals surface area (Å²) in [5.41, 5.74) is 2.28. The van der Waals surface area contributed by atoms with Gasteiger partial charge in [0.25, 0.3) is 5.56 Å². The topological polar surface area (TPSA) is 56.6 Å². The number of aromatic nitrogens is 2. The van der Waals surface area contributed by atoms with Gasteiger partial charge < -0.3 is 14.4 Å². The van der Waals surface area contributed by atoms with E-state index in [9.17, 15) is 4.79 Å². The number of benzene rings is 1. The van der Waals surface area contributed by atoms with Crippen LogP contribution in [-0.2, 0) is 6.54 Å². The minimum Gasteiger partial charge on any atom is -0.497 e. The highest BCUT2D eigenvalue weighted by molar-refractivity contribution is 5.68. The molecule has 0 N–H and O–H groups in total. The molecule has 1 aromatic heterocycles. The van der Waals surface area contributed by atoms with Crippen LogP contribution in [0.1, 0.15) is 45.7 Å². The third kappa shape index (κ3) is 4.49. The van der Waals surface area contributed by atoms with Crippen molar-refractivity contribution in [3.63, 3.8) is 0 Å². The van der Waals surface area contributed by atoms with Crippen LogP contribution >= 0.6 is 0 Å². The van der Waals surface area contributed by atoms with Gasteiger partial charge in [0.2, 0.25) is 0 Å². The average molecular weight is 388 g/mol. The third-order valence-electron chi connectivity index (χ3n) is 4.72. The lowest BCUT2D eigenvalue weighted by Gasteiger charge is -2.26. The van der Waals surface area contributed by atoms with Crippen molar-refractivity contribution in [1.82, 2.24) is 9.55 Å². The first kappa shape index (κ1) is 21.8. The van der Waals surface area contributed by atoms with Crippen LogP contribution in [0.25, 0.3) is 11.4 Å². The van der Waals surface area contributed by atoms with E-state index in [0.29, 0.717) is 29.6 Å². The Morgan fingerprint density at radius 3 is 2.25 bits per heavy atom. The Bertz CT molecular complexity index is 840. The summed E-state index contributed by atoms with van der Waals surface area (Å²) < 4.78 is 12.6. The Morgan fingerprint density at radius 1 is 1.04 bits per heavy atom. The lowest BCUT2D eigenvalue weighted by atomic mass is 10.1. The number of rotatable bonds is 10. The van der Waals surface area contributed by atoms with Gasteiger partial charge in [-0.25, -0.2) is 4.98 Å². The maximum Gasteiger partial charge on any atom is 0.277 e. The molecule has 0 aliphatic carbocycles. The van der Waals surface area contributed by atoms with Gasteiger partial charge in [-0.05, 0) is 38.3 Å². The van der Waals surface area contributed by atoms with Crippen molar-refractivity contribution in [3.8, 4) is 22.9 Å². The molecule has 0 saturated heterocycles. The molecule has 0 bridgehead atoms. The summed E-state index contributed by atoms with van der Waals surface area (Å²) in [7, 11) is 3.24. The van der Waals surface area contributed by atoms with Crippen molar-refractivity contribution in [2.45, 2.75) is 53.5 Å². The molecule has 0 amide bonds. The Hall–Kier alpha value is -2.50. The summed E-state index contributed by atoms with van der Waals surface area (Å²) in [5.74, 6) is 1.98. The van der Waals surface area contributed by atoms with Gasteiger partial charge in [0.15, 0.2) is 0 Å². The minimum absolute atomic E-state index is 0.0177. The maximum atomic E-state index is 13.5. The third-order valence-corrected chi connectivity index (χ3v) is 4.72. The molecule has 0 spiro atoms. The van der Waals surface area contributed by atoms with Gasteiger partial charge in [-0.3, -0.25) is 9.36 Å². The Labute approximate surface area is 168 Å². The van der Waals surface area contributed by atoms with E-state index in [2.05, 4.69) is 25.7 Å². The van der Waals surface area contributed by atoms with E-state index in [1.165, 1.54) is 0 Å². The van der Waals surface area contributed by atoms with Crippen molar-refractivity contribution in [1.29, 1.82) is 0 Å². The first-order chi connectivity index (χ1) is 13.5. The van der Waals surface area contributed by atoms with E-state index >= 15 is 0 Å². The summed E-state index contributed by atoms with van der Waals surface area (Å²) in [6.45, 7) is 10.6. The van der Waals surface area contributed by atoms with Gasteiger partial charge >= 0.3 is 0 Å². The smallest absolute Gasteiger partial charge is 0.277 e. The molecule has 1 aromatic carbocycles. The van der Waals surface area contributed by atoms with Crippen LogP contribution in [0.15, 0.2) is 23.0 Å². The molecule has 0 unspecified atom stereocenters. The van der Waals surface area contributed by atoms with E-state index in [4.69, 9.17) is 14.5 Å². The predicted octanol–water partition coefficient (Wildman–Crippen LogP) is 4.27. The van der Waals surface area contributed by atoms with E-state index in [0.717, 1.165) is 43.6 Å². The van der Waals surface area contributed by atoms with Crippen molar-refractivity contribution in [2.75, 3.05) is 32.2 Å². The van der Waals surface area contributed by atoms with Crippen LogP contribution in [0.5, 0.6) is 11.5 Å². The highest BCUT2D eigenvalue weighted by Crippen LogP contribution is 2.33. The van der Waals surface area contributed by atoms with Gasteiger partial charge in [0.05, 0.1) is 25.5 Å². The van der Waals surface area contributed by atoms with Crippen LogP contribution in [0.4, 0.5) is 5.69 Å². The van der Waals surface area contributed by atoms with E-state index in [1.807, 2.05) is 25.1 Å². The molecule has 28 heavy (non-hydrogen) atoms. The summed E-state index contributed by atoms with van der Waals surface area (Å²) in [4.78, 5) is 20.5. The van der Waals surface area contributed by atoms with Crippen LogP contribution in [0.2, 0.25) is 0 Å². The second-order valence-corrected chi connectivity index (χ2v) is 6.88. The largest absolute Gasteiger partial charge is 0.497 e. The van der Waals surface area contributed by atoms with E-state index in [-0.39, 0.29) is 5.56 Å². The molecule has 0 saturated carbocycles. The molecular formula is C22H33N3O3. The number of anilines is 1. The predicted molar refractivity (Wildman–Crippen MR) is 115 cm³/mol. The summed E-state index contributed by atoms with van der Waals surface area (Å²) >= 11 is 0. The van der Waals surface area contributed by atoms with Gasteiger partial charge in [-0.1, -0.05) is 20.8 Å². The molecule has 6 heteroatoms. The van der Waals surface area contributed by atoms with Gasteiger partial charge in [-0.2, -0.15) is 0 Å². The Balaban J connectivity index is 2.72. The standard InChI is InChI=1S/C22H33N3O3/c1-7-12-24(13-8-2)20-16(4)23-21(25(14-9-3)22(20)26)18-11-10-17(27-5)15-19(18)28-6/h10-11,15H,7-9,12-14H2,1-6H3. The normalized spacial score (nSPS) is 10.8. The SMILES string of the molecule is CCCN(CCC)c1c(C)nc(-c2ccc(OC)cc2OC)n(CCC)c1=O. The first-order valence-corrected chi connectivity index (χ1v) is 10.1. The molecule has 0 aliphatic heterocycles. The fraction of sp³-hybridized carbons (Fsp3) is 0.545. The lowest BCUT2D eigenvalue weighted by molar-refractivity contribution is 0.395. The molecule has 2 aromatic rings. The molecule has 6 nitrogen and oxygen atoms in total. The summed E-state index contributed by atoms with van der Waals surface area (Å²) in [6, 6.07) is 5.59. The zero-order chi connectivity index (χ0) is 20.7. The minimum atomic E-state index is 0.0177. The lowest BCUT2D eigenvalue weighted by Crippen LogP contribution is -2.36.